The Morgan fingerprint density at radius 1 is 0.600 bits per heavy atom. The molecule has 0 aromatic rings. The number of hydrogen-bond acceptors (Lipinski definition) is 8. The summed E-state index contributed by atoms with van der Waals surface area (Å²) in [5, 5.41) is 0. The number of hydrogen-bond donors (Lipinski definition) is 0. The normalized spacial score (nSPS) is 24.1. The van der Waals surface area contributed by atoms with Gasteiger partial charge in [-0.3, -0.25) is 4.79 Å². The molecule has 4 aliphatic rings. The monoisotopic (exact) mass is 1240 g/mol. The molecule has 0 aliphatic heterocycles. The van der Waals surface area contributed by atoms with Crippen molar-refractivity contribution in [3.8, 4) is 0 Å². The molecule has 3 amide bonds. The highest BCUT2D eigenvalue weighted by atomic mass is 35.5. The van der Waals surface area contributed by atoms with E-state index in [0.717, 1.165) is 57.8 Å². The highest BCUT2D eigenvalue weighted by molar-refractivity contribution is 6.19. The Labute approximate surface area is 514 Å². The fourth-order valence-electron chi connectivity index (χ4n) is 14.5. The number of allylic oxidation sites excluding steroid dienone is 3. The number of halogens is 6. The molecule has 9 atom stereocenters. The van der Waals surface area contributed by atoms with E-state index in [9.17, 15) is 19.2 Å². The Morgan fingerprint density at radius 3 is 1.62 bits per heavy atom. The molecular weight excluding hydrogens is 1140 g/mol. The van der Waals surface area contributed by atoms with E-state index in [1.165, 1.54) is 111 Å². The van der Waals surface area contributed by atoms with Crippen LogP contribution in [0.1, 0.15) is 195 Å². The first-order chi connectivity index (χ1) is 38.7. The molecule has 11 nitrogen and oxygen atoms in total. The first-order valence-electron chi connectivity index (χ1n) is 31.4. The standard InChI is InChI=1S/C63H105Cl6N3O8/c1-5-6-7-8-9-10-11-12-13-14-15-16-17-18-19-23-58(73)80-53-28-30-62(3)52(45-53)24-25-54-56-27-26-55(63(56,4)31-29-57(54)62)49(2)21-20-22-50(46-77-59(74)70(38-32-64)39-33-65)44-51(47-78-60(75)71(40-34-66)41-35-67)48-79-61(76)72(42-36-68)43-37-69/h12-13,24,49-51,53-57H,5-11,14-23,25-48H2,1-4H3/b13-12-/t49-,50?,53+,54+,55-,56+,57+,62+,63-/m1/s1. The van der Waals surface area contributed by atoms with Crippen LogP contribution in [0.3, 0.4) is 0 Å². The lowest BCUT2D eigenvalue weighted by Gasteiger charge is -2.58. The second-order valence-electron chi connectivity index (χ2n) is 24.4. The van der Waals surface area contributed by atoms with Gasteiger partial charge in [0.05, 0.1) is 19.8 Å². The van der Waals surface area contributed by atoms with Gasteiger partial charge in [-0.25, -0.2) is 14.4 Å². The van der Waals surface area contributed by atoms with Crippen molar-refractivity contribution in [3.05, 3.63) is 23.8 Å². The van der Waals surface area contributed by atoms with Crippen molar-refractivity contribution in [1.82, 2.24) is 14.7 Å². The topological polar surface area (TPSA) is 115 Å². The molecule has 3 saturated carbocycles. The molecule has 0 radical (unpaired) electrons. The minimum atomic E-state index is -0.552. The minimum absolute atomic E-state index is 0.00183. The quantitative estimate of drug-likeness (QED) is 0.0195. The Bertz CT molecular complexity index is 1780. The summed E-state index contributed by atoms with van der Waals surface area (Å²) >= 11 is 36.1. The van der Waals surface area contributed by atoms with E-state index in [0.29, 0.717) is 55.5 Å². The zero-order valence-corrected chi connectivity index (χ0v) is 54.3. The molecule has 0 aromatic heterocycles. The number of alkyl halides is 6. The van der Waals surface area contributed by atoms with Crippen LogP contribution in [0.15, 0.2) is 23.8 Å². The lowest BCUT2D eigenvalue weighted by molar-refractivity contribution is -0.151. The maximum Gasteiger partial charge on any atom is 0.409 e. The first kappa shape index (κ1) is 71.0. The van der Waals surface area contributed by atoms with Gasteiger partial charge in [-0.15, -0.1) is 69.6 Å². The highest BCUT2D eigenvalue weighted by Crippen LogP contribution is 2.67. The molecule has 80 heavy (non-hydrogen) atoms. The smallest absolute Gasteiger partial charge is 0.409 e. The van der Waals surface area contributed by atoms with Gasteiger partial charge in [0.1, 0.15) is 6.10 Å². The van der Waals surface area contributed by atoms with Crippen LogP contribution >= 0.6 is 69.6 Å². The molecule has 17 heteroatoms. The van der Waals surface area contributed by atoms with Crippen LogP contribution in [-0.2, 0) is 23.7 Å². The van der Waals surface area contributed by atoms with Crippen LogP contribution in [0.5, 0.6) is 0 Å². The Morgan fingerprint density at radius 2 is 1.10 bits per heavy atom. The number of ether oxygens (including phenoxy) is 4. The summed E-state index contributed by atoms with van der Waals surface area (Å²) in [6.07, 6.45) is 34.7. The van der Waals surface area contributed by atoms with E-state index < -0.39 is 24.2 Å². The van der Waals surface area contributed by atoms with Crippen LogP contribution in [0.25, 0.3) is 0 Å². The lowest BCUT2D eigenvalue weighted by Crippen LogP contribution is -2.51. The van der Waals surface area contributed by atoms with Gasteiger partial charge in [0, 0.05) is 93.3 Å². The van der Waals surface area contributed by atoms with E-state index in [2.05, 4.69) is 45.9 Å². The van der Waals surface area contributed by atoms with Gasteiger partial charge < -0.3 is 33.6 Å². The maximum atomic E-state index is 13.4. The Kier molecular flexibility index (Phi) is 35.5. The van der Waals surface area contributed by atoms with Crippen LogP contribution < -0.4 is 0 Å². The van der Waals surface area contributed by atoms with Gasteiger partial charge in [-0.2, -0.15) is 0 Å². The number of carbonyl (C=O) groups is 4. The fraction of sp³-hybridized carbons (Fsp3) is 0.873. The van der Waals surface area contributed by atoms with Crippen LogP contribution in [0, 0.1) is 52.3 Å². The number of rotatable bonds is 41. The molecule has 462 valence electrons. The largest absolute Gasteiger partial charge is 0.462 e. The second-order valence-corrected chi connectivity index (χ2v) is 26.6. The third-order valence-electron chi connectivity index (χ3n) is 18.9. The number of fused-ring (bicyclic) bond motifs is 5. The summed E-state index contributed by atoms with van der Waals surface area (Å²) in [4.78, 5) is 57.5. The van der Waals surface area contributed by atoms with Crippen molar-refractivity contribution in [3.63, 3.8) is 0 Å². The third-order valence-corrected chi connectivity index (χ3v) is 19.9. The van der Waals surface area contributed by atoms with Gasteiger partial charge in [0.2, 0.25) is 0 Å². The Balaban J connectivity index is 1.32. The molecular formula is C63H105Cl6N3O8. The summed E-state index contributed by atoms with van der Waals surface area (Å²) in [6, 6.07) is 0. The molecule has 4 aliphatic carbocycles. The van der Waals surface area contributed by atoms with Gasteiger partial charge in [0.25, 0.3) is 0 Å². The molecule has 0 spiro atoms. The highest BCUT2D eigenvalue weighted by Gasteiger charge is 2.59. The lowest BCUT2D eigenvalue weighted by atomic mass is 9.47. The van der Waals surface area contributed by atoms with Crippen molar-refractivity contribution in [2.75, 3.05) is 94.4 Å². The van der Waals surface area contributed by atoms with Gasteiger partial charge in [-0.1, -0.05) is 116 Å². The van der Waals surface area contributed by atoms with E-state index in [1.54, 1.807) is 5.57 Å². The zero-order valence-electron chi connectivity index (χ0n) is 49.7. The summed E-state index contributed by atoms with van der Waals surface area (Å²) in [7, 11) is 0. The van der Waals surface area contributed by atoms with Crippen molar-refractivity contribution in [2.24, 2.45) is 52.3 Å². The number of esters is 1. The van der Waals surface area contributed by atoms with E-state index >= 15 is 0 Å². The summed E-state index contributed by atoms with van der Waals surface area (Å²) in [6.45, 7) is 11.6. The zero-order chi connectivity index (χ0) is 58.2. The number of unbranched alkanes of at least 4 members (excludes halogenated alkanes) is 11. The van der Waals surface area contributed by atoms with Gasteiger partial charge in [-0.05, 0) is 136 Å². The molecule has 0 heterocycles. The van der Waals surface area contributed by atoms with Crippen LogP contribution in [0.2, 0.25) is 0 Å². The van der Waals surface area contributed by atoms with Crippen molar-refractivity contribution >= 4 is 93.9 Å². The number of carbonyl (C=O) groups excluding carboxylic acids is 4. The summed E-state index contributed by atoms with van der Waals surface area (Å²) in [5.41, 5.74) is 1.97. The fourth-order valence-corrected chi connectivity index (χ4v) is 15.7. The third kappa shape index (κ3) is 23.4. The Hall–Kier alpha value is -1.50. The molecule has 0 saturated heterocycles. The van der Waals surface area contributed by atoms with Crippen molar-refractivity contribution < 1.29 is 38.1 Å². The second kappa shape index (κ2) is 40.0. The molecule has 0 aromatic carbocycles. The molecule has 0 bridgehead atoms. The summed E-state index contributed by atoms with van der Waals surface area (Å²) < 4.78 is 23.9. The van der Waals surface area contributed by atoms with Gasteiger partial charge in [0.15, 0.2) is 0 Å². The number of nitrogens with zero attached hydrogens (tertiary/aromatic N) is 3. The van der Waals surface area contributed by atoms with E-state index in [1.807, 2.05) is 0 Å². The van der Waals surface area contributed by atoms with Gasteiger partial charge >= 0.3 is 24.2 Å². The van der Waals surface area contributed by atoms with E-state index in [4.69, 9.17) is 88.6 Å². The average molecular weight is 1250 g/mol. The SMILES string of the molecule is CCCCCCCC/C=C\CCCCCCCC(=O)O[C@H]1CC[C@@]2(C)C(=CC[C@H]3[C@@H]4CC[C@H]([C@H](C)CCCC(COC(=O)N(CCCl)CCCl)CC(COC(=O)N(CCCl)CCCl)COC(=O)N(CCCl)CCCl)[C@@]4(C)CC[C@@H]32)C1. The van der Waals surface area contributed by atoms with Crippen LogP contribution in [-0.4, -0.2) is 139 Å². The van der Waals surface area contributed by atoms with Crippen molar-refractivity contribution in [2.45, 2.75) is 201 Å². The van der Waals surface area contributed by atoms with E-state index in [-0.39, 0.29) is 110 Å². The molecule has 1 unspecified atom stereocenters. The number of amides is 3. The van der Waals surface area contributed by atoms with Crippen molar-refractivity contribution in [1.29, 1.82) is 0 Å². The summed E-state index contributed by atoms with van der Waals surface area (Å²) in [5.74, 6) is 3.95. The van der Waals surface area contributed by atoms with Crippen LogP contribution in [0.4, 0.5) is 14.4 Å². The predicted molar refractivity (Wildman–Crippen MR) is 332 cm³/mol. The minimum Gasteiger partial charge on any atom is -0.462 e. The molecule has 3 fully saturated rings. The molecule has 0 N–H and O–H groups in total. The maximum absolute atomic E-state index is 13.4. The average Bonchev–Trinajstić information content (AvgIpc) is 3.91. The molecule has 4 rings (SSSR count). The predicted octanol–water partition coefficient (Wildman–Crippen LogP) is 17.7. The first-order valence-corrected chi connectivity index (χ1v) is 34.6.